The van der Waals surface area contributed by atoms with E-state index in [2.05, 4.69) is 15.4 Å². The molecule has 0 spiro atoms. The lowest BCUT2D eigenvalue weighted by molar-refractivity contribution is -0.117. The third-order valence-electron chi connectivity index (χ3n) is 4.46. The number of ether oxygens (including phenoxy) is 1. The molecule has 0 aliphatic rings. The summed E-state index contributed by atoms with van der Waals surface area (Å²) in [5.74, 6) is 0.252. The number of amides is 1. The van der Waals surface area contributed by atoms with Crippen LogP contribution in [0.4, 0.5) is 11.4 Å². The van der Waals surface area contributed by atoms with Gasteiger partial charge in [-0.3, -0.25) is 4.79 Å². The third kappa shape index (κ3) is 4.51. The molecule has 4 rings (SSSR count). The Bertz CT molecular complexity index is 1280. The number of rotatable bonds is 6. The quantitative estimate of drug-likeness (QED) is 0.497. The van der Waals surface area contributed by atoms with E-state index in [0.717, 1.165) is 10.4 Å². The van der Waals surface area contributed by atoms with E-state index in [-0.39, 0.29) is 24.0 Å². The zero-order valence-electron chi connectivity index (χ0n) is 16.8. The Labute approximate surface area is 182 Å². The molecule has 0 fully saturated rings. The average Bonchev–Trinajstić information content (AvgIpc) is 3.06. The van der Waals surface area contributed by atoms with Gasteiger partial charge in [0.1, 0.15) is 12.3 Å². The molecule has 0 aliphatic heterocycles. The molecule has 0 unspecified atom stereocenters. The lowest BCUT2D eigenvalue weighted by Gasteiger charge is -2.13. The van der Waals surface area contributed by atoms with Crippen LogP contribution in [0.25, 0.3) is 5.65 Å². The summed E-state index contributed by atoms with van der Waals surface area (Å²) in [4.78, 5) is 31.2. The van der Waals surface area contributed by atoms with Crippen molar-refractivity contribution in [3.05, 3.63) is 76.4 Å². The topological polar surface area (TPSA) is 93.8 Å². The van der Waals surface area contributed by atoms with Crippen LogP contribution in [-0.4, -0.2) is 39.2 Å². The van der Waals surface area contributed by atoms with E-state index in [9.17, 15) is 9.59 Å². The number of hydrogen-bond acceptors (Lipinski definition) is 6. The molecule has 1 amide bonds. The lowest BCUT2D eigenvalue weighted by atomic mass is 10.2. The van der Waals surface area contributed by atoms with Crippen molar-refractivity contribution >= 4 is 34.5 Å². The first kappa shape index (κ1) is 20.4. The molecule has 0 radical (unpaired) electrons. The van der Waals surface area contributed by atoms with Crippen LogP contribution in [0.5, 0.6) is 11.6 Å². The minimum atomic E-state index is -0.475. The van der Waals surface area contributed by atoms with Crippen molar-refractivity contribution in [3.8, 4) is 11.6 Å². The first-order valence-electron chi connectivity index (χ1n) is 9.35. The number of anilines is 2. The highest BCUT2D eigenvalue weighted by atomic mass is 35.5. The fourth-order valence-electron chi connectivity index (χ4n) is 2.89. The van der Waals surface area contributed by atoms with Crippen LogP contribution in [-0.2, 0) is 11.3 Å². The minimum absolute atomic E-state index is 0.139. The van der Waals surface area contributed by atoms with Gasteiger partial charge in [0, 0.05) is 42.9 Å². The molecule has 9 nitrogen and oxygen atoms in total. The molecule has 1 N–H and O–H groups in total. The van der Waals surface area contributed by atoms with Crippen LogP contribution in [0.2, 0.25) is 5.02 Å². The van der Waals surface area contributed by atoms with Gasteiger partial charge >= 0.3 is 5.69 Å². The van der Waals surface area contributed by atoms with Gasteiger partial charge < -0.3 is 15.0 Å². The summed E-state index contributed by atoms with van der Waals surface area (Å²) < 4.78 is 8.08. The van der Waals surface area contributed by atoms with Gasteiger partial charge in [0.05, 0.1) is 0 Å². The van der Waals surface area contributed by atoms with Crippen molar-refractivity contribution in [2.75, 3.05) is 24.3 Å². The van der Waals surface area contributed by atoms with Gasteiger partial charge in [0.2, 0.25) is 11.6 Å². The van der Waals surface area contributed by atoms with Crippen molar-refractivity contribution in [2.24, 2.45) is 0 Å². The summed E-state index contributed by atoms with van der Waals surface area (Å²) in [7, 11) is 3.87. The standard InChI is InChI=1S/C21H19ClN6O3/c1-26(2)16-7-5-15(6-8-16)24-18(29)13-28-21(30)27-12-11-23-20(19(27)25-28)31-17-9-3-14(22)4-10-17/h3-12H,13H2,1-2H3,(H,24,29). The zero-order chi connectivity index (χ0) is 22.0. The Morgan fingerprint density at radius 3 is 2.52 bits per heavy atom. The van der Waals surface area contributed by atoms with E-state index in [1.165, 1.54) is 16.8 Å². The average molecular weight is 439 g/mol. The Balaban J connectivity index is 1.54. The number of carbonyl (C=O) groups is 1. The Kier molecular flexibility index (Phi) is 5.59. The molecule has 0 saturated heterocycles. The van der Waals surface area contributed by atoms with Gasteiger partial charge in [-0.05, 0) is 48.5 Å². The van der Waals surface area contributed by atoms with Gasteiger partial charge in [0.15, 0.2) is 0 Å². The molecule has 2 aromatic carbocycles. The van der Waals surface area contributed by atoms with E-state index in [4.69, 9.17) is 16.3 Å². The second-order valence-corrected chi connectivity index (χ2v) is 7.35. The maximum absolute atomic E-state index is 12.7. The predicted octanol–water partition coefficient (Wildman–Crippen LogP) is 3.04. The summed E-state index contributed by atoms with van der Waals surface area (Å²) in [6.45, 7) is -0.254. The molecule has 2 aromatic heterocycles. The summed E-state index contributed by atoms with van der Waals surface area (Å²) in [6.07, 6.45) is 2.89. The number of aromatic nitrogens is 4. The van der Waals surface area contributed by atoms with E-state index in [1.807, 2.05) is 31.1 Å². The van der Waals surface area contributed by atoms with Crippen LogP contribution >= 0.6 is 11.6 Å². The molecule has 0 aliphatic carbocycles. The van der Waals surface area contributed by atoms with Crippen LogP contribution < -0.4 is 20.6 Å². The molecule has 0 atom stereocenters. The number of hydrogen-bond donors (Lipinski definition) is 1. The van der Waals surface area contributed by atoms with Crippen molar-refractivity contribution in [2.45, 2.75) is 6.54 Å². The molecule has 10 heteroatoms. The highest BCUT2D eigenvalue weighted by molar-refractivity contribution is 6.30. The van der Waals surface area contributed by atoms with Crippen LogP contribution in [0.15, 0.2) is 65.7 Å². The first-order valence-corrected chi connectivity index (χ1v) is 9.73. The van der Waals surface area contributed by atoms with Crippen LogP contribution in [0.3, 0.4) is 0 Å². The Hall–Kier alpha value is -3.85. The SMILES string of the molecule is CN(C)c1ccc(NC(=O)Cn2nc3c(Oc4ccc(Cl)cc4)nccn3c2=O)cc1. The monoisotopic (exact) mass is 438 g/mol. The summed E-state index contributed by atoms with van der Waals surface area (Å²) in [5.41, 5.74) is 1.36. The fourth-order valence-corrected chi connectivity index (χ4v) is 3.02. The largest absolute Gasteiger partial charge is 0.436 e. The van der Waals surface area contributed by atoms with Crippen LogP contribution in [0, 0.1) is 0 Å². The lowest BCUT2D eigenvalue weighted by Crippen LogP contribution is -2.28. The number of fused-ring (bicyclic) bond motifs is 1. The maximum atomic E-state index is 12.7. The molecule has 158 valence electrons. The highest BCUT2D eigenvalue weighted by Crippen LogP contribution is 2.23. The molecular formula is C21H19ClN6O3. The molecule has 2 heterocycles. The van der Waals surface area contributed by atoms with E-state index < -0.39 is 5.69 Å². The number of halogens is 1. The number of benzene rings is 2. The predicted molar refractivity (Wildman–Crippen MR) is 118 cm³/mol. The number of nitrogens with one attached hydrogen (secondary N) is 1. The summed E-state index contributed by atoms with van der Waals surface area (Å²) in [6, 6.07) is 14.1. The first-order chi connectivity index (χ1) is 14.9. The summed E-state index contributed by atoms with van der Waals surface area (Å²) >= 11 is 5.89. The molecular weight excluding hydrogens is 420 g/mol. The van der Waals surface area contributed by atoms with Crippen molar-refractivity contribution in [1.82, 2.24) is 19.2 Å². The molecule has 0 saturated carbocycles. The normalized spacial score (nSPS) is 10.8. The minimum Gasteiger partial charge on any atom is -0.436 e. The van der Waals surface area contributed by atoms with Crippen molar-refractivity contribution < 1.29 is 9.53 Å². The Morgan fingerprint density at radius 2 is 1.84 bits per heavy atom. The smallest absolute Gasteiger partial charge is 0.351 e. The van der Waals surface area contributed by atoms with E-state index in [1.54, 1.807) is 36.4 Å². The third-order valence-corrected chi connectivity index (χ3v) is 4.71. The molecule has 4 aromatic rings. The van der Waals surface area contributed by atoms with Crippen molar-refractivity contribution in [3.63, 3.8) is 0 Å². The van der Waals surface area contributed by atoms with Crippen molar-refractivity contribution in [1.29, 1.82) is 0 Å². The Morgan fingerprint density at radius 1 is 1.13 bits per heavy atom. The number of nitrogens with zero attached hydrogens (tertiary/aromatic N) is 5. The maximum Gasteiger partial charge on any atom is 0.351 e. The molecule has 0 bridgehead atoms. The van der Waals surface area contributed by atoms with Gasteiger partial charge in [0.25, 0.3) is 5.88 Å². The second kappa shape index (κ2) is 8.49. The van der Waals surface area contributed by atoms with Gasteiger partial charge in [-0.25, -0.2) is 18.9 Å². The zero-order valence-corrected chi connectivity index (χ0v) is 17.6. The number of carbonyl (C=O) groups excluding carboxylic acids is 1. The van der Waals surface area contributed by atoms with E-state index in [0.29, 0.717) is 16.5 Å². The second-order valence-electron chi connectivity index (χ2n) is 6.91. The highest BCUT2D eigenvalue weighted by Gasteiger charge is 2.16. The van der Waals surface area contributed by atoms with Gasteiger partial charge in [-0.15, -0.1) is 5.10 Å². The summed E-state index contributed by atoms with van der Waals surface area (Å²) in [5, 5.41) is 7.56. The van der Waals surface area contributed by atoms with Gasteiger partial charge in [-0.1, -0.05) is 11.6 Å². The van der Waals surface area contributed by atoms with Gasteiger partial charge in [-0.2, -0.15) is 0 Å². The van der Waals surface area contributed by atoms with E-state index >= 15 is 0 Å². The fraction of sp³-hybridized carbons (Fsp3) is 0.143. The molecule has 31 heavy (non-hydrogen) atoms. The van der Waals surface area contributed by atoms with Crippen LogP contribution in [0.1, 0.15) is 0 Å².